The van der Waals surface area contributed by atoms with Gasteiger partial charge in [0, 0.05) is 39.5 Å². The fourth-order valence-electron chi connectivity index (χ4n) is 8.51. The number of nitrogens with zero attached hydrogens (tertiary/aromatic N) is 3. The SMILES string of the molecule is Cc1cc(-n2c3ccccc3c3cc(-c4ccccc4C)ccc32)c(-c2ccncc2)c(-n2c3ccccc3c3cc(-c4ccccc4C)ccc32)c1. The Balaban J connectivity index is 1.30. The van der Waals surface area contributed by atoms with Gasteiger partial charge in [0.15, 0.2) is 0 Å². The lowest BCUT2D eigenvalue weighted by atomic mass is 9.98. The molecule has 0 unspecified atom stereocenters. The second kappa shape index (κ2) is 12.2. The average Bonchev–Trinajstić information content (AvgIpc) is 3.70. The van der Waals surface area contributed by atoms with Crippen LogP contribution < -0.4 is 0 Å². The standard InChI is InChI=1S/C50H37N3/c1-32-28-48(52-44-18-10-8-16-40(44)42-30-36(20-22-46(42)52)38-14-6-4-12-33(38)2)50(35-24-26-51-27-25-35)49(29-32)53-45-19-11-9-17-41(45)43-31-37(21-23-47(43)53)39-15-7-5-13-34(39)3/h4-31H,1-3H3. The van der Waals surface area contributed by atoms with Gasteiger partial charge in [0.25, 0.3) is 0 Å². The minimum absolute atomic E-state index is 1.12. The number of aromatic nitrogens is 3. The molecule has 0 radical (unpaired) electrons. The van der Waals surface area contributed by atoms with E-state index in [2.05, 4.69) is 193 Å². The van der Waals surface area contributed by atoms with Crippen molar-refractivity contribution in [2.24, 2.45) is 0 Å². The van der Waals surface area contributed by atoms with E-state index in [-0.39, 0.29) is 0 Å². The van der Waals surface area contributed by atoms with Gasteiger partial charge in [0.05, 0.1) is 33.4 Å². The van der Waals surface area contributed by atoms with Gasteiger partial charge in [0.1, 0.15) is 0 Å². The minimum atomic E-state index is 1.12. The first-order chi connectivity index (χ1) is 26.0. The molecule has 0 amide bonds. The molecule has 3 heteroatoms. The minimum Gasteiger partial charge on any atom is -0.309 e. The Morgan fingerprint density at radius 3 is 1.30 bits per heavy atom. The van der Waals surface area contributed by atoms with Crippen molar-refractivity contribution in [1.82, 2.24) is 14.1 Å². The zero-order chi connectivity index (χ0) is 35.6. The van der Waals surface area contributed by atoms with E-state index in [9.17, 15) is 0 Å². The highest BCUT2D eigenvalue weighted by atomic mass is 15.0. The van der Waals surface area contributed by atoms with Crippen LogP contribution in [0.15, 0.2) is 170 Å². The maximum Gasteiger partial charge on any atom is 0.0564 e. The van der Waals surface area contributed by atoms with Crippen LogP contribution in [-0.2, 0) is 0 Å². The topological polar surface area (TPSA) is 22.8 Å². The Kier molecular flexibility index (Phi) is 7.16. The normalized spacial score (nSPS) is 11.7. The van der Waals surface area contributed by atoms with Gasteiger partial charge in [-0.3, -0.25) is 4.98 Å². The van der Waals surface area contributed by atoms with Crippen molar-refractivity contribution in [2.75, 3.05) is 0 Å². The molecule has 0 fully saturated rings. The zero-order valence-electron chi connectivity index (χ0n) is 30.0. The summed E-state index contributed by atoms with van der Waals surface area (Å²) >= 11 is 0. The molecule has 0 bridgehead atoms. The van der Waals surface area contributed by atoms with Crippen LogP contribution >= 0.6 is 0 Å². The average molecular weight is 680 g/mol. The summed E-state index contributed by atoms with van der Waals surface area (Å²) in [6, 6.07) is 57.9. The second-order valence-corrected chi connectivity index (χ2v) is 14.2. The molecule has 0 saturated carbocycles. The van der Waals surface area contributed by atoms with E-state index in [1.54, 1.807) is 0 Å². The molecule has 10 rings (SSSR count). The van der Waals surface area contributed by atoms with Crippen molar-refractivity contribution in [1.29, 1.82) is 0 Å². The molecular weight excluding hydrogens is 643 g/mol. The number of fused-ring (bicyclic) bond motifs is 6. The first kappa shape index (κ1) is 31.1. The van der Waals surface area contributed by atoms with Crippen LogP contribution in [0.1, 0.15) is 16.7 Å². The van der Waals surface area contributed by atoms with Crippen LogP contribution in [0.2, 0.25) is 0 Å². The monoisotopic (exact) mass is 679 g/mol. The molecule has 3 nitrogen and oxygen atoms in total. The summed E-state index contributed by atoms with van der Waals surface area (Å²) in [4.78, 5) is 4.45. The highest BCUT2D eigenvalue weighted by Crippen LogP contribution is 2.44. The van der Waals surface area contributed by atoms with Gasteiger partial charge >= 0.3 is 0 Å². The summed E-state index contributed by atoms with van der Waals surface area (Å²) in [5, 5.41) is 4.96. The zero-order valence-corrected chi connectivity index (χ0v) is 30.0. The number of para-hydroxylation sites is 2. The van der Waals surface area contributed by atoms with Gasteiger partial charge in [-0.05, 0) is 126 Å². The Hall–Kier alpha value is -6.71. The maximum absolute atomic E-state index is 4.45. The predicted molar refractivity (Wildman–Crippen MR) is 223 cm³/mol. The summed E-state index contributed by atoms with van der Waals surface area (Å²) in [5.74, 6) is 0. The molecule has 0 saturated heterocycles. The highest BCUT2D eigenvalue weighted by molar-refractivity contribution is 6.13. The Morgan fingerprint density at radius 1 is 0.377 bits per heavy atom. The van der Waals surface area contributed by atoms with Gasteiger partial charge in [0.2, 0.25) is 0 Å². The molecule has 0 N–H and O–H groups in total. The predicted octanol–water partition coefficient (Wildman–Crippen LogP) is 13.2. The first-order valence-electron chi connectivity index (χ1n) is 18.3. The number of aryl methyl sites for hydroxylation is 3. The molecule has 0 spiro atoms. The Labute approximate surface area is 309 Å². The maximum atomic E-state index is 4.45. The largest absolute Gasteiger partial charge is 0.309 e. The van der Waals surface area contributed by atoms with Crippen molar-refractivity contribution in [3.63, 3.8) is 0 Å². The van der Waals surface area contributed by atoms with Crippen molar-refractivity contribution in [3.8, 4) is 44.8 Å². The molecule has 10 aromatic rings. The smallest absolute Gasteiger partial charge is 0.0564 e. The third-order valence-electron chi connectivity index (χ3n) is 10.9. The van der Waals surface area contributed by atoms with E-state index < -0.39 is 0 Å². The van der Waals surface area contributed by atoms with Crippen LogP contribution in [-0.4, -0.2) is 14.1 Å². The van der Waals surface area contributed by atoms with E-state index in [4.69, 9.17) is 0 Å². The molecule has 0 atom stereocenters. The van der Waals surface area contributed by atoms with Gasteiger partial charge in [-0.2, -0.15) is 0 Å². The summed E-state index contributed by atoms with van der Waals surface area (Å²) in [7, 11) is 0. The molecule has 53 heavy (non-hydrogen) atoms. The molecular formula is C50H37N3. The van der Waals surface area contributed by atoms with Gasteiger partial charge in [-0.25, -0.2) is 0 Å². The van der Waals surface area contributed by atoms with Gasteiger partial charge in [-0.15, -0.1) is 0 Å². The molecule has 0 aliphatic rings. The second-order valence-electron chi connectivity index (χ2n) is 14.2. The molecule has 3 aromatic heterocycles. The lowest BCUT2D eigenvalue weighted by molar-refractivity contribution is 1.12. The van der Waals surface area contributed by atoms with Crippen molar-refractivity contribution < 1.29 is 0 Å². The Morgan fingerprint density at radius 2 is 0.811 bits per heavy atom. The lowest BCUT2D eigenvalue weighted by Gasteiger charge is -2.21. The summed E-state index contributed by atoms with van der Waals surface area (Å²) < 4.78 is 4.95. The number of hydrogen-bond donors (Lipinski definition) is 0. The number of rotatable bonds is 5. The first-order valence-corrected chi connectivity index (χ1v) is 18.3. The fourth-order valence-corrected chi connectivity index (χ4v) is 8.51. The van der Waals surface area contributed by atoms with Crippen molar-refractivity contribution >= 4 is 43.6 Å². The summed E-state index contributed by atoms with van der Waals surface area (Å²) in [6.45, 7) is 6.60. The van der Waals surface area contributed by atoms with E-state index in [0.717, 1.165) is 22.5 Å². The summed E-state index contributed by atoms with van der Waals surface area (Å²) in [6.07, 6.45) is 3.81. The van der Waals surface area contributed by atoms with Crippen molar-refractivity contribution in [2.45, 2.75) is 20.8 Å². The van der Waals surface area contributed by atoms with Crippen molar-refractivity contribution in [3.05, 3.63) is 187 Å². The molecule has 0 aliphatic heterocycles. The highest BCUT2D eigenvalue weighted by Gasteiger charge is 2.23. The van der Waals surface area contributed by atoms with E-state index in [0.29, 0.717) is 0 Å². The molecule has 7 aromatic carbocycles. The van der Waals surface area contributed by atoms with E-state index in [1.807, 2.05) is 12.4 Å². The fraction of sp³-hybridized carbons (Fsp3) is 0.0600. The molecule has 252 valence electrons. The lowest BCUT2D eigenvalue weighted by Crippen LogP contribution is -2.05. The third-order valence-corrected chi connectivity index (χ3v) is 10.9. The van der Waals surface area contributed by atoms with Gasteiger partial charge < -0.3 is 9.13 Å². The van der Waals surface area contributed by atoms with Crippen LogP contribution in [0.5, 0.6) is 0 Å². The van der Waals surface area contributed by atoms with E-state index in [1.165, 1.54) is 82.6 Å². The number of hydrogen-bond acceptors (Lipinski definition) is 1. The molecule has 3 heterocycles. The number of benzene rings is 7. The summed E-state index contributed by atoms with van der Waals surface area (Å²) in [5.41, 5.74) is 18.0. The van der Waals surface area contributed by atoms with Crippen LogP contribution in [0.25, 0.3) is 88.4 Å². The van der Waals surface area contributed by atoms with Crippen LogP contribution in [0.3, 0.4) is 0 Å². The molecule has 0 aliphatic carbocycles. The van der Waals surface area contributed by atoms with E-state index >= 15 is 0 Å². The number of pyridine rings is 1. The van der Waals surface area contributed by atoms with Crippen LogP contribution in [0, 0.1) is 20.8 Å². The third kappa shape index (κ3) is 4.92. The van der Waals surface area contributed by atoms with Gasteiger partial charge in [-0.1, -0.05) is 97.1 Å². The Bertz CT molecular complexity index is 2850. The van der Waals surface area contributed by atoms with Crippen LogP contribution in [0.4, 0.5) is 0 Å². The quantitative estimate of drug-likeness (QED) is 0.178.